The fourth-order valence-electron chi connectivity index (χ4n) is 2.69. The average Bonchev–Trinajstić information content (AvgIpc) is 3.16. The number of ketones is 1. The molecule has 0 bridgehead atoms. The number of aromatic nitrogens is 1. The molecule has 0 amide bonds. The van der Waals surface area contributed by atoms with E-state index in [0.29, 0.717) is 21.9 Å². The molecule has 0 spiro atoms. The first-order valence-corrected chi connectivity index (χ1v) is 9.56. The van der Waals surface area contributed by atoms with Crippen LogP contribution in [0.4, 0.5) is 4.39 Å². The zero-order chi connectivity index (χ0) is 20.2. The molecular weight excluding hydrogens is 389 g/mol. The number of halogens is 1. The van der Waals surface area contributed by atoms with Crippen LogP contribution in [0.1, 0.15) is 20.9 Å². The van der Waals surface area contributed by atoms with E-state index in [-0.39, 0.29) is 5.78 Å². The van der Waals surface area contributed by atoms with Crippen molar-refractivity contribution in [2.45, 2.75) is 0 Å². The molecule has 0 N–H and O–H groups in total. The van der Waals surface area contributed by atoms with Crippen molar-refractivity contribution >= 4 is 39.4 Å². The van der Waals surface area contributed by atoms with Crippen LogP contribution in [0.3, 0.4) is 0 Å². The third-order valence-electron chi connectivity index (χ3n) is 4.11. The number of hydrogen-bond donors (Lipinski definition) is 0. The number of ether oxygens (including phenoxy) is 1. The minimum atomic E-state index is -0.540. The third kappa shape index (κ3) is 4.44. The van der Waals surface area contributed by atoms with Crippen LogP contribution in [0, 0.1) is 5.82 Å². The van der Waals surface area contributed by atoms with Gasteiger partial charge in [0.1, 0.15) is 16.6 Å². The Morgan fingerprint density at radius 2 is 1.55 bits per heavy atom. The van der Waals surface area contributed by atoms with Gasteiger partial charge in [-0.05, 0) is 66.7 Å². The SMILES string of the molecule is O=C(/C=C/c1nc2ccccc2s1)Oc1ccc(C(=O)c2ccc(F)cc2)cc1. The zero-order valence-electron chi connectivity index (χ0n) is 15.0. The predicted molar refractivity (Wildman–Crippen MR) is 111 cm³/mol. The highest BCUT2D eigenvalue weighted by atomic mass is 32.1. The van der Waals surface area contributed by atoms with E-state index in [1.54, 1.807) is 30.3 Å². The second-order valence-electron chi connectivity index (χ2n) is 6.13. The molecule has 0 saturated carbocycles. The Morgan fingerprint density at radius 3 is 2.24 bits per heavy atom. The summed E-state index contributed by atoms with van der Waals surface area (Å²) in [4.78, 5) is 28.8. The molecule has 0 aliphatic carbocycles. The molecule has 0 saturated heterocycles. The van der Waals surface area contributed by atoms with Gasteiger partial charge < -0.3 is 4.74 Å². The minimum absolute atomic E-state index is 0.237. The van der Waals surface area contributed by atoms with Crippen LogP contribution in [0.5, 0.6) is 5.75 Å². The Kier molecular flexibility index (Phi) is 5.27. The van der Waals surface area contributed by atoms with Crippen LogP contribution < -0.4 is 4.74 Å². The van der Waals surface area contributed by atoms with Gasteiger partial charge in [0, 0.05) is 17.2 Å². The molecule has 6 heteroatoms. The molecule has 0 radical (unpaired) electrons. The number of nitrogens with zero attached hydrogens (tertiary/aromatic N) is 1. The quantitative estimate of drug-likeness (QED) is 0.197. The normalized spacial score (nSPS) is 11.1. The van der Waals surface area contributed by atoms with Crippen LogP contribution in [0.15, 0.2) is 78.9 Å². The maximum atomic E-state index is 13.0. The molecule has 3 aromatic carbocycles. The Bertz CT molecular complexity index is 1180. The first-order chi connectivity index (χ1) is 14.1. The van der Waals surface area contributed by atoms with E-state index in [1.807, 2.05) is 24.3 Å². The average molecular weight is 403 g/mol. The maximum Gasteiger partial charge on any atom is 0.336 e. The summed E-state index contributed by atoms with van der Waals surface area (Å²) in [6.45, 7) is 0. The Labute approximate surface area is 169 Å². The van der Waals surface area contributed by atoms with E-state index < -0.39 is 11.8 Å². The van der Waals surface area contributed by atoms with Gasteiger partial charge in [-0.25, -0.2) is 14.2 Å². The number of hydrogen-bond acceptors (Lipinski definition) is 5. The van der Waals surface area contributed by atoms with Gasteiger partial charge in [0.15, 0.2) is 5.78 Å². The first-order valence-electron chi connectivity index (χ1n) is 8.74. The number of rotatable bonds is 5. The number of carbonyl (C=O) groups excluding carboxylic acids is 2. The van der Waals surface area contributed by atoms with Crippen LogP contribution in [0.25, 0.3) is 16.3 Å². The molecule has 0 aliphatic heterocycles. The molecule has 0 fully saturated rings. The lowest BCUT2D eigenvalue weighted by Crippen LogP contribution is -2.05. The second-order valence-corrected chi connectivity index (χ2v) is 7.20. The van der Waals surface area contributed by atoms with E-state index in [2.05, 4.69) is 4.98 Å². The summed E-state index contributed by atoms with van der Waals surface area (Å²) in [6, 6.07) is 19.3. The summed E-state index contributed by atoms with van der Waals surface area (Å²) < 4.78 is 19.3. The summed E-state index contributed by atoms with van der Waals surface area (Å²) >= 11 is 1.48. The van der Waals surface area contributed by atoms with Crippen molar-refractivity contribution in [1.29, 1.82) is 0 Å². The van der Waals surface area contributed by atoms with Crippen molar-refractivity contribution in [3.8, 4) is 5.75 Å². The maximum absolute atomic E-state index is 13.0. The molecule has 4 rings (SSSR count). The Hall–Kier alpha value is -3.64. The summed E-state index contributed by atoms with van der Waals surface area (Å²) in [6.07, 6.45) is 2.93. The van der Waals surface area contributed by atoms with Crippen LogP contribution >= 0.6 is 11.3 Å². The summed E-state index contributed by atoms with van der Waals surface area (Å²) in [5, 5.41) is 0.711. The second kappa shape index (κ2) is 8.16. The minimum Gasteiger partial charge on any atom is -0.423 e. The van der Waals surface area contributed by atoms with Crippen LogP contribution in [-0.2, 0) is 4.79 Å². The van der Waals surface area contributed by atoms with Crippen molar-refractivity contribution in [2.75, 3.05) is 0 Å². The standard InChI is InChI=1S/C23H14FNO3S/c24-17-9-5-15(6-10-17)23(27)16-7-11-18(12-8-16)28-22(26)14-13-21-25-19-3-1-2-4-20(19)29-21/h1-14H/b14-13+. The molecule has 142 valence electrons. The van der Waals surface area contributed by atoms with Gasteiger partial charge in [0.2, 0.25) is 0 Å². The van der Waals surface area contributed by atoms with E-state index >= 15 is 0 Å². The number of thiazole rings is 1. The zero-order valence-corrected chi connectivity index (χ0v) is 15.9. The summed E-state index contributed by atoms with van der Waals surface area (Å²) in [5.74, 6) is -0.859. The molecule has 0 aliphatic rings. The van der Waals surface area contributed by atoms with E-state index in [1.165, 1.54) is 41.7 Å². The van der Waals surface area contributed by atoms with Gasteiger partial charge in [0.05, 0.1) is 10.2 Å². The summed E-state index contributed by atoms with van der Waals surface area (Å²) in [5.41, 5.74) is 1.68. The van der Waals surface area contributed by atoms with Crippen molar-refractivity contribution < 1.29 is 18.7 Å². The highest BCUT2D eigenvalue weighted by Gasteiger charge is 2.10. The molecule has 4 nitrogen and oxygen atoms in total. The molecule has 4 aromatic rings. The monoisotopic (exact) mass is 403 g/mol. The van der Waals surface area contributed by atoms with Gasteiger partial charge in [-0.1, -0.05) is 12.1 Å². The predicted octanol–water partition coefficient (Wildman–Crippen LogP) is 5.29. The molecule has 29 heavy (non-hydrogen) atoms. The number of fused-ring (bicyclic) bond motifs is 1. The molecule has 0 atom stereocenters. The lowest BCUT2D eigenvalue weighted by Gasteiger charge is -2.04. The largest absolute Gasteiger partial charge is 0.423 e. The lowest BCUT2D eigenvalue weighted by molar-refractivity contribution is -0.128. The van der Waals surface area contributed by atoms with Gasteiger partial charge in [0.25, 0.3) is 0 Å². The van der Waals surface area contributed by atoms with Crippen molar-refractivity contribution in [3.05, 3.63) is 101 Å². The number of benzene rings is 3. The Morgan fingerprint density at radius 1 is 0.897 bits per heavy atom. The highest BCUT2D eigenvalue weighted by Crippen LogP contribution is 2.22. The van der Waals surface area contributed by atoms with Gasteiger partial charge in [-0.15, -0.1) is 11.3 Å². The van der Waals surface area contributed by atoms with Crippen molar-refractivity contribution in [1.82, 2.24) is 4.98 Å². The topological polar surface area (TPSA) is 56.3 Å². The fourth-order valence-corrected chi connectivity index (χ4v) is 3.56. The molecule has 1 heterocycles. The van der Waals surface area contributed by atoms with Crippen LogP contribution in [0.2, 0.25) is 0 Å². The van der Waals surface area contributed by atoms with E-state index in [0.717, 1.165) is 10.2 Å². The number of esters is 1. The smallest absolute Gasteiger partial charge is 0.336 e. The third-order valence-corrected chi connectivity index (χ3v) is 5.12. The molecular formula is C23H14FNO3S. The van der Waals surface area contributed by atoms with Gasteiger partial charge >= 0.3 is 5.97 Å². The fraction of sp³-hybridized carbons (Fsp3) is 0. The van der Waals surface area contributed by atoms with Crippen molar-refractivity contribution in [2.24, 2.45) is 0 Å². The highest BCUT2D eigenvalue weighted by molar-refractivity contribution is 7.19. The van der Waals surface area contributed by atoms with E-state index in [4.69, 9.17) is 4.74 Å². The summed E-state index contributed by atoms with van der Waals surface area (Å²) in [7, 11) is 0. The van der Waals surface area contributed by atoms with E-state index in [9.17, 15) is 14.0 Å². The van der Waals surface area contributed by atoms with Crippen LogP contribution in [-0.4, -0.2) is 16.7 Å². The Balaban J connectivity index is 1.40. The lowest BCUT2D eigenvalue weighted by atomic mass is 10.0. The molecule has 1 aromatic heterocycles. The number of para-hydroxylation sites is 1. The first kappa shape index (κ1) is 18.7. The number of carbonyl (C=O) groups is 2. The molecule has 0 unspecified atom stereocenters. The van der Waals surface area contributed by atoms with Gasteiger partial charge in [-0.2, -0.15) is 0 Å². The van der Waals surface area contributed by atoms with Crippen molar-refractivity contribution in [3.63, 3.8) is 0 Å². The van der Waals surface area contributed by atoms with Gasteiger partial charge in [-0.3, -0.25) is 4.79 Å².